The minimum Gasteiger partial charge on any atom is -0.480 e. The maximum Gasteiger partial charge on any atom is 0.323 e. The van der Waals surface area contributed by atoms with Crippen molar-refractivity contribution in [2.24, 2.45) is 0 Å². The molecule has 0 aromatic carbocycles. The molecule has 0 aliphatic carbocycles. The Balaban J connectivity index is 5.05. The SMILES string of the molecule is CC(=O)NCCN(CCNC(=O)N(CCOCCOCCN(CC(=O)O)CC(=O)O)CC(=O)O)C(=O)N(CCOCCOCCN(CC(=O)O)CC(=O)O)CC(=O)O. The maximum atomic E-state index is 13.4. The molecular weight excluding hydrogens is 786 g/mol. The Morgan fingerprint density at radius 1 is 0.397 bits per heavy atom. The van der Waals surface area contributed by atoms with Crippen molar-refractivity contribution >= 4 is 53.8 Å². The number of carbonyl (C=O) groups excluding carboxylic acids is 3. The first kappa shape index (κ1) is 52.6. The van der Waals surface area contributed by atoms with Crippen molar-refractivity contribution in [3.05, 3.63) is 0 Å². The second kappa shape index (κ2) is 31.6. The van der Waals surface area contributed by atoms with Gasteiger partial charge in [-0.15, -0.1) is 0 Å². The fourth-order valence-corrected chi connectivity index (χ4v) is 4.67. The molecule has 26 nitrogen and oxygen atoms in total. The highest BCUT2D eigenvalue weighted by atomic mass is 16.5. The highest BCUT2D eigenvalue weighted by molar-refractivity contribution is 5.81. The van der Waals surface area contributed by atoms with E-state index in [1.165, 1.54) is 11.8 Å². The highest BCUT2D eigenvalue weighted by Crippen LogP contribution is 2.01. The molecule has 8 N–H and O–H groups in total. The number of ether oxygens (including phenoxy) is 4. The summed E-state index contributed by atoms with van der Waals surface area (Å²) in [5.74, 6) is -7.86. The number of carboxylic acid groups (broad SMARTS) is 6. The van der Waals surface area contributed by atoms with Crippen molar-refractivity contribution in [3.8, 4) is 0 Å². The first-order chi connectivity index (χ1) is 27.4. The molecule has 0 rings (SSSR count). The third-order valence-corrected chi connectivity index (χ3v) is 7.19. The normalized spacial score (nSPS) is 10.9. The van der Waals surface area contributed by atoms with E-state index in [4.69, 9.17) is 39.4 Å². The zero-order valence-corrected chi connectivity index (χ0v) is 32.3. The zero-order valence-electron chi connectivity index (χ0n) is 32.3. The van der Waals surface area contributed by atoms with Crippen LogP contribution in [0.5, 0.6) is 0 Å². The molecule has 5 amide bonds. The van der Waals surface area contributed by atoms with E-state index in [0.29, 0.717) is 0 Å². The molecule has 0 heterocycles. The van der Waals surface area contributed by atoms with Crippen molar-refractivity contribution in [2.75, 3.05) is 144 Å². The Hall–Kier alpha value is -5.41. The second-order valence-electron chi connectivity index (χ2n) is 12.1. The van der Waals surface area contributed by atoms with Crippen molar-refractivity contribution in [2.45, 2.75) is 6.92 Å². The summed E-state index contributed by atoms with van der Waals surface area (Å²) in [5.41, 5.74) is 0. The smallest absolute Gasteiger partial charge is 0.323 e. The van der Waals surface area contributed by atoms with Crippen LogP contribution in [0.2, 0.25) is 0 Å². The van der Waals surface area contributed by atoms with Gasteiger partial charge in [0.15, 0.2) is 0 Å². The van der Waals surface area contributed by atoms with Crippen LogP contribution in [0.4, 0.5) is 9.59 Å². The van der Waals surface area contributed by atoms with Crippen LogP contribution >= 0.6 is 0 Å². The van der Waals surface area contributed by atoms with Gasteiger partial charge in [-0.1, -0.05) is 0 Å². The predicted molar refractivity (Wildman–Crippen MR) is 194 cm³/mol. The van der Waals surface area contributed by atoms with Gasteiger partial charge in [0.2, 0.25) is 5.91 Å². The Kier molecular flexibility index (Phi) is 28.7. The summed E-state index contributed by atoms with van der Waals surface area (Å²) in [7, 11) is 0. The van der Waals surface area contributed by atoms with Crippen molar-refractivity contribution in [1.29, 1.82) is 0 Å². The van der Waals surface area contributed by atoms with Gasteiger partial charge in [0.25, 0.3) is 0 Å². The first-order valence-electron chi connectivity index (χ1n) is 17.8. The summed E-state index contributed by atoms with van der Waals surface area (Å²) in [6, 6.07) is -1.59. The van der Waals surface area contributed by atoms with Crippen LogP contribution in [0.15, 0.2) is 0 Å². The second-order valence-corrected chi connectivity index (χ2v) is 12.1. The molecule has 26 heteroatoms. The predicted octanol–water partition coefficient (Wildman–Crippen LogP) is -3.96. The summed E-state index contributed by atoms with van der Waals surface area (Å²) in [6.45, 7) is -3.07. The van der Waals surface area contributed by atoms with Gasteiger partial charge in [-0.25, -0.2) is 9.59 Å². The number of carbonyl (C=O) groups is 9. The number of carboxylic acids is 6. The lowest BCUT2D eigenvalue weighted by Gasteiger charge is -2.30. The number of nitrogens with one attached hydrogen (secondary N) is 2. The molecule has 58 heavy (non-hydrogen) atoms. The molecule has 0 aromatic heterocycles. The monoisotopic (exact) mass is 841 g/mol. The largest absolute Gasteiger partial charge is 0.480 e. The number of urea groups is 2. The minimum absolute atomic E-state index is 0.00211. The molecule has 0 fully saturated rings. The van der Waals surface area contributed by atoms with E-state index in [0.717, 1.165) is 19.6 Å². The van der Waals surface area contributed by atoms with E-state index >= 15 is 0 Å². The van der Waals surface area contributed by atoms with Crippen molar-refractivity contribution < 1.29 is 92.7 Å². The lowest BCUT2D eigenvalue weighted by Crippen LogP contribution is -2.51. The van der Waals surface area contributed by atoms with Crippen molar-refractivity contribution in [3.63, 3.8) is 0 Å². The standard InChI is InChI=1S/C32H55N7O19/c1-24(40)33-2-4-37(32(54)39(23-30(51)52)9-13-58-17-15-56-11-7-36(20-27(45)46)21-28(47)48)5-3-34-31(53)38(22-29(49)50)8-12-57-16-14-55-10-6-35(18-25(41)42)19-26(43)44/h2-23H2,1H3,(H,33,40)(H,34,53)(H,41,42)(H,43,44)(H,45,46)(H,47,48)(H,49,50)(H,51,52). The molecule has 0 saturated carbocycles. The van der Waals surface area contributed by atoms with Crippen LogP contribution in [0, 0.1) is 0 Å². The van der Waals surface area contributed by atoms with Gasteiger partial charge in [-0.2, -0.15) is 0 Å². The van der Waals surface area contributed by atoms with E-state index in [-0.39, 0.29) is 105 Å². The quantitative estimate of drug-likeness (QED) is 0.0279. The third-order valence-electron chi connectivity index (χ3n) is 7.19. The van der Waals surface area contributed by atoms with E-state index in [1.807, 2.05) is 0 Å². The Morgan fingerprint density at radius 3 is 1.09 bits per heavy atom. The number of amides is 5. The Labute approximate surface area is 333 Å². The summed E-state index contributed by atoms with van der Waals surface area (Å²) >= 11 is 0. The van der Waals surface area contributed by atoms with E-state index in [1.54, 1.807) is 0 Å². The summed E-state index contributed by atoms with van der Waals surface area (Å²) in [5, 5.41) is 59.3. The summed E-state index contributed by atoms with van der Waals surface area (Å²) < 4.78 is 21.5. The molecule has 0 aliphatic heterocycles. The first-order valence-corrected chi connectivity index (χ1v) is 17.8. The van der Waals surface area contributed by atoms with Gasteiger partial charge in [-0.05, 0) is 0 Å². The fraction of sp³-hybridized carbons (Fsp3) is 0.719. The number of rotatable bonds is 36. The van der Waals surface area contributed by atoms with Gasteiger partial charge >= 0.3 is 47.9 Å². The third kappa shape index (κ3) is 29.8. The summed E-state index contributed by atoms with van der Waals surface area (Å²) in [4.78, 5) is 110. The van der Waals surface area contributed by atoms with Crippen LogP contribution in [-0.2, 0) is 52.5 Å². The zero-order chi connectivity index (χ0) is 43.9. The van der Waals surface area contributed by atoms with Crippen LogP contribution in [0.25, 0.3) is 0 Å². The molecule has 0 radical (unpaired) electrons. The van der Waals surface area contributed by atoms with Gasteiger partial charge in [0.1, 0.15) is 13.1 Å². The molecule has 0 bridgehead atoms. The molecular formula is C32H55N7O19. The number of hydrogen-bond donors (Lipinski definition) is 8. The molecule has 0 spiro atoms. The molecule has 0 saturated heterocycles. The van der Waals surface area contributed by atoms with Gasteiger partial charge < -0.3 is 74.9 Å². The number of hydrogen-bond acceptors (Lipinski definition) is 15. The Bertz CT molecular complexity index is 1290. The highest BCUT2D eigenvalue weighted by Gasteiger charge is 2.24. The molecule has 0 unspecified atom stereocenters. The van der Waals surface area contributed by atoms with Gasteiger partial charge in [0, 0.05) is 59.3 Å². The average molecular weight is 842 g/mol. The molecule has 0 aliphatic rings. The lowest BCUT2D eigenvalue weighted by molar-refractivity contribution is -0.144. The van der Waals surface area contributed by atoms with Crippen molar-refractivity contribution in [1.82, 2.24) is 35.1 Å². The van der Waals surface area contributed by atoms with E-state index in [2.05, 4.69) is 10.6 Å². The minimum atomic E-state index is -1.34. The lowest BCUT2D eigenvalue weighted by atomic mass is 10.4. The topological polar surface area (TPSA) is 352 Å². The average Bonchev–Trinajstić information content (AvgIpc) is 3.10. The number of aliphatic carboxylic acids is 6. The van der Waals surface area contributed by atoms with E-state index < -0.39 is 93.1 Å². The summed E-state index contributed by atoms with van der Waals surface area (Å²) in [6.07, 6.45) is 0. The van der Waals surface area contributed by atoms with Crippen LogP contribution < -0.4 is 10.6 Å². The van der Waals surface area contributed by atoms with Crippen LogP contribution in [0.3, 0.4) is 0 Å². The molecule has 0 atom stereocenters. The maximum absolute atomic E-state index is 13.4. The van der Waals surface area contributed by atoms with Crippen LogP contribution in [-0.4, -0.2) is 253 Å². The molecule has 332 valence electrons. The van der Waals surface area contributed by atoms with Gasteiger partial charge in [-0.3, -0.25) is 43.4 Å². The van der Waals surface area contributed by atoms with Gasteiger partial charge in [0.05, 0.1) is 79.0 Å². The number of nitrogens with zero attached hydrogens (tertiary/aromatic N) is 5. The van der Waals surface area contributed by atoms with E-state index in [9.17, 15) is 53.4 Å². The van der Waals surface area contributed by atoms with Crippen LogP contribution in [0.1, 0.15) is 6.92 Å². The Morgan fingerprint density at radius 2 is 0.724 bits per heavy atom. The fourth-order valence-electron chi connectivity index (χ4n) is 4.67. The molecule has 0 aromatic rings.